The van der Waals surface area contributed by atoms with Gasteiger partial charge in [0.15, 0.2) is 0 Å². The molecule has 21 heavy (non-hydrogen) atoms. The summed E-state index contributed by atoms with van der Waals surface area (Å²) in [5, 5.41) is 6.32. The lowest BCUT2D eigenvalue weighted by Gasteiger charge is -2.32. The van der Waals surface area contributed by atoms with Gasteiger partial charge in [0, 0.05) is 18.0 Å². The Balaban J connectivity index is 2.00. The van der Waals surface area contributed by atoms with Crippen molar-refractivity contribution in [3.63, 3.8) is 0 Å². The van der Waals surface area contributed by atoms with E-state index in [1.807, 2.05) is 25.1 Å². The Morgan fingerprint density at radius 2 is 1.76 bits per heavy atom. The number of carbonyl (C=O) groups excluding carboxylic acids is 1. The largest absolute Gasteiger partial charge is 0.497 e. The van der Waals surface area contributed by atoms with Gasteiger partial charge in [-0.2, -0.15) is 0 Å². The number of methoxy groups -OCH3 is 2. The Bertz CT molecular complexity index is 474. The quantitative estimate of drug-likeness (QED) is 0.867. The molecule has 1 heterocycles. The van der Waals surface area contributed by atoms with Gasteiger partial charge in [-0.1, -0.05) is 6.92 Å². The molecular formula is C16H24N2O3. The highest BCUT2D eigenvalue weighted by atomic mass is 16.5. The molecule has 1 amide bonds. The number of hydrogen-bond donors (Lipinski definition) is 2. The summed E-state index contributed by atoms with van der Waals surface area (Å²) < 4.78 is 10.5. The number of rotatable bonds is 5. The van der Waals surface area contributed by atoms with E-state index in [1.54, 1.807) is 14.2 Å². The van der Waals surface area contributed by atoms with Crippen molar-refractivity contribution >= 4 is 5.91 Å². The molecule has 0 bridgehead atoms. The zero-order valence-electron chi connectivity index (χ0n) is 13.0. The maximum Gasteiger partial charge on any atom is 0.226 e. The lowest BCUT2D eigenvalue weighted by Crippen LogP contribution is -2.45. The van der Waals surface area contributed by atoms with Crippen molar-refractivity contribution in [2.45, 2.75) is 26.3 Å². The Labute approximate surface area is 126 Å². The van der Waals surface area contributed by atoms with Crippen LogP contribution in [0.15, 0.2) is 18.2 Å². The van der Waals surface area contributed by atoms with E-state index in [4.69, 9.17) is 9.47 Å². The Hall–Kier alpha value is -1.75. The fourth-order valence-electron chi connectivity index (χ4n) is 2.57. The molecule has 1 aromatic carbocycles. The molecule has 0 spiro atoms. The minimum Gasteiger partial charge on any atom is -0.497 e. The maximum absolute atomic E-state index is 12.4. The molecule has 2 N–H and O–H groups in total. The molecule has 5 heteroatoms. The van der Waals surface area contributed by atoms with Crippen LogP contribution in [0.25, 0.3) is 0 Å². The van der Waals surface area contributed by atoms with Crippen molar-refractivity contribution in [2.24, 2.45) is 5.41 Å². The molecule has 0 saturated carbocycles. The average Bonchev–Trinajstić information content (AvgIpc) is 2.52. The normalized spacial score (nSPS) is 17.1. The molecule has 1 aliphatic heterocycles. The first-order chi connectivity index (χ1) is 10.1. The number of benzene rings is 1. The number of carbonyl (C=O) groups is 1. The van der Waals surface area contributed by atoms with Crippen LogP contribution in [0, 0.1) is 5.41 Å². The molecule has 1 saturated heterocycles. The zero-order valence-corrected chi connectivity index (χ0v) is 13.0. The smallest absolute Gasteiger partial charge is 0.226 e. The molecule has 0 aromatic heterocycles. The van der Waals surface area contributed by atoms with Crippen LogP contribution in [0.2, 0.25) is 0 Å². The predicted octanol–water partition coefficient (Wildman–Crippen LogP) is 1.71. The van der Waals surface area contributed by atoms with Gasteiger partial charge in [-0.05, 0) is 43.6 Å². The molecule has 0 aliphatic carbocycles. The predicted molar refractivity (Wildman–Crippen MR) is 81.6 cm³/mol. The summed E-state index contributed by atoms with van der Waals surface area (Å²) in [4.78, 5) is 12.4. The van der Waals surface area contributed by atoms with Crippen molar-refractivity contribution in [1.82, 2.24) is 10.6 Å². The summed E-state index contributed by atoms with van der Waals surface area (Å²) >= 11 is 0. The molecule has 1 aliphatic rings. The molecule has 116 valence electrons. The highest BCUT2D eigenvalue weighted by Gasteiger charge is 2.34. The van der Waals surface area contributed by atoms with E-state index in [1.165, 1.54) is 0 Å². The molecule has 1 aromatic rings. The third-order valence-corrected chi connectivity index (χ3v) is 4.12. The Kier molecular flexibility index (Phi) is 5.07. The van der Waals surface area contributed by atoms with Crippen LogP contribution in [0.4, 0.5) is 0 Å². The van der Waals surface area contributed by atoms with E-state index in [2.05, 4.69) is 10.6 Å². The van der Waals surface area contributed by atoms with Crippen LogP contribution in [0.3, 0.4) is 0 Å². The number of ether oxygens (including phenoxy) is 2. The number of amides is 1. The van der Waals surface area contributed by atoms with Crippen LogP contribution in [-0.2, 0) is 11.3 Å². The number of nitrogens with one attached hydrogen (secondary N) is 2. The van der Waals surface area contributed by atoms with E-state index in [0.29, 0.717) is 6.54 Å². The lowest BCUT2D eigenvalue weighted by atomic mass is 9.80. The fraction of sp³-hybridized carbons (Fsp3) is 0.562. The Morgan fingerprint density at radius 1 is 1.19 bits per heavy atom. The summed E-state index contributed by atoms with van der Waals surface area (Å²) in [5.74, 6) is 1.57. The highest BCUT2D eigenvalue weighted by Crippen LogP contribution is 2.28. The fourth-order valence-corrected chi connectivity index (χ4v) is 2.57. The highest BCUT2D eigenvalue weighted by molar-refractivity contribution is 5.82. The van der Waals surface area contributed by atoms with E-state index in [9.17, 15) is 4.79 Å². The maximum atomic E-state index is 12.4. The van der Waals surface area contributed by atoms with Gasteiger partial charge in [0.1, 0.15) is 11.5 Å². The van der Waals surface area contributed by atoms with Gasteiger partial charge in [-0.3, -0.25) is 4.79 Å². The second-order valence-corrected chi connectivity index (χ2v) is 5.71. The minimum absolute atomic E-state index is 0.116. The molecular weight excluding hydrogens is 268 g/mol. The summed E-state index contributed by atoms with van der Waals surface area (Å²) in [6, 6.07) is 5.64. The molecule has 1 fully saturated rings. The Morgan fingerprint density at radius 3 is 2.29 bits per heavy atom. The second kappa shape index (κ2) is 6.80. The molecule has 0 radical (unpaired) electrons. The van der Waals surface area contributed by atoms with E-state index >= 15 is 0 Å². The van der Waals surface area contributed by atoms with Crippen molar-refractivity contribution in [2.75, 3.05) is 27.3 Å². The second-order valence-electron chi connectivity index (χ2n) is 5.71. The van der Waals surface area contributed by atoms with Gasteiger partial charge in [-0.25, -0.2) is 0 Å². The van der Waals surface area contributed by atoms with Gasteiger partial charge in [-0.15, -0.1) is 0 Å². The van der Waals surface area contributed by atoms with Crippen LogP contribution in [0.5, 0.6) is 11.5 Å². The van der Waals surface area contributed by atoms with E-state index < -0.39 is 0 Å². The topological polar surface area (TPSA) is 59.6 Å². The van der Waals surface area contributed by atoms with Crippen LogP contribution in [-0.4, -0.2) is 33.2 Å². The average molecular weight is 292 g/mol. The molecule has 0 unspecified atom stereocenters. The standard InChI is InChI=1S/C16H24N2O3/c1-16(4-6-17-7-5-16)15(19)18-11-12-8-13(20-2)10-14(9-12)21-3/h8-10,17H,4-7,11H2,1-3H3,(H,18,19). The third-order valence-electron chi connectivity index (χ3n) is 4.12. The summed E-state index contributed by atoms with van der Waals surface area (Å²) in [7, 11) is 3.24. The first kappa shape index (κ1) is 15.6. The monoisotopic (exact) mass is 292 g/mol. The SMILES string of the molecule is COc1cc(CNC(=O)C2(C)CCNCC2)cc(OC)c1. The van der Waals surface area contributed by atoms with Crippen LogP contribution < -0.4 is 20.1 Å². The lowest BCUT2D eigenvalue weighted by molar-refractivity contribution is -0.131. The summed E-state index contributed by atoms with van der Waals surface area (Å²) in [6.45, 7) is 4.32. The zero-order chi connectivity index (χ0) is 15.3. The summed E-state index contributed by atoms with van der Waals surface area (Å²) in [6.07, 6.45) is 1.75. The van der Waals surface area contributed by atoms with Gasteiger partial charge in [0.25, 0.3) is 0 Å². The van der Waals surface area contributed by atoms with Crippen molar-refractivity contribution < 1.29 is 14.3 Å². The van der Waals surface area contributed by atoms with Gasteiger partial charge in [0.2, 0.25) is 5.91 Å². The first-order valence-electron chi connectivity index (χ1n) is 7.28. The van der Waals surface area contributed by atoms with Crippen molar-refractivity contribution in [3.8, 4) is 11.5 Å². The van der Waals surface area contributed by atoms with E-state index in [-0.39, 0.29) is 11.3 Å². The van der Waals surface area contributed by atoms with Gasteiger partial charge >= 0.3 is 0 Å². The summed E-state index contributed by atoms with van der Waals surface area (Å²) in [5.41, 5.74) is 0.700. The third kappa shape index (κ3) is 3.88. The van der Waals surface area contributed by atoms with Crippen molar-refractivity contribution in [3.05, 3.63) is 23.8 Å². The molecule has 0 atom stereocenters. The number of piperidine rings is 1. The van der Waals surface area contributed by atoms with E-state index in [0.717, 1.165) is 43.0 Å². The van der Waals surface area contributed by atoms with Crippen molar-refractivity contribution in [1.29, 1.82) is 0 Å². The van der Waals surface area contributed by atoms with Crippen LogP contribution >= 0.6 is 0 Å². The van der Waals surface area contributed by atoms with Gasteiger partial charge in [0.05, 0.1) is 14.2 Å². The molecule has 5 nitrogen and oxygen atoms in total. The number of hydrogen-bond acceptors (Lipinski definition) is 4. The minimum atomic E-state index is -0.270. The van der Waals surface area contributed by atoms with Crippen LogP contribution in [0.1, 0.15) is 25.3 Å². The first-order valence-corrected chi connectivity index (χ1v) is 7.28. The van der Waals surface area contributed by atoms with Gasteiger partial charge < -0.3 is 20.1 Å². The molecule has 2 rings (SSSR count).